The molecular weight excluding hydrogens is 799 g/mol. The summed E-state index contributed by atoms with van der Waals surface area (Å²) in [6.45, 7) is 13.8. The molecular formula is C44H53N4NaO12. The average molecular weight is 853 g/mol. The van der Waals surface area contributed by atoms with Crippen molar-refractivity contribution in [3.05, 3.63) is 71.1 Å². The summed E-state index contributed by atoms with van der Waals surface area (Å²) in [7, 11) is 0. The van der Waals surface area contributed by atoms with Crippen molar-refractivity contribution in [1.82, 2.24) is 9.80 Å². The van der Waals surface area contributed by atoms with Crippen molar-refractivity contribution < 1.29 is 87.8 Å². The van der Waals surface area contributed by atoms with Crippen LogP contribution in [0, 0.1) is 17.3 Å². The molecule has 6 aliphatic heterocycles. The van der Waals surface area contributed by atoms with Crippen LogP contribution in [0.1, 0.15) is 58.6 Å². The van der Waals surface area contributed by atoms with Gasteiger partial charge in [0.05, 0.1) is 79.6 Å². The zero-order chi connectivity index (χ0) is 43.0. The second kappa shape index (κ2) is 19.0. The van der Waals surface area contributed by atoms with Crippen LogP contribution >= 0.6 is 0 Å². The van der Waals surface area contributed by atoms with Gasteiger partial charge in [-0.3, -0.25) is 14.4 Å². The van der Waals surface area contributed by atoms with Crippen LogP contribution in [0.4, 0.5) is 11.4 Å². The first kappa shape index (κ1) is 46.2. The van der Waals surface area contributed by atoms with E-state index in [0.717, 1.165) is 48.7 Å². The van der Waals surface area contributed by atoms with E-state index in [1.54, 1.807) is 34.6 Å². The number of nitrogens with zero attached hydrogens (tertiary/aromatic N) is 4. The number of ether oxygens (including phenoxy) is 4. The fraction of sp³-hybridized carbons (Fsp3) is 0.523. The van der Waals surface area contributed by atoms with Gasteiger partial charge >= 0.3 is 41.5 Å². The number of carbonyl (C=O) groups is 5. The van der Waals surface area contributed by atoms with Crippen molar-refractivity contribution in [2.75, 3.05) is 69.2 Å². The van der Waals surface area contributed by atoms with Crippen LogP contribution in [0.15, 0.2) is 59.9 Å². The zero-order valence-electron chi connectivity index (χ0n) is 35.6. The molecule has 4 fully saturated rings. The summed E-state index contributed by atoms with van der Waals surface area (Å²) < 4.78 is 21.1. The Labute approximate surface area is 377 Å². The Kier molecular flexibility index (Phi) is 14.4. The Morgan fingerprint density at radius 2 is 1.10 bits per heavy atom. The Balaban J connectivity index is 0.000000207. The number of hydrogen-bond acceptors (Lipinski definition) is 14. The first-order valence-electron chi connectivity index (χ1n) is 20.5. The molecule has 6 atom stereocenters. The van der Waals surface area contributed by atoms with E-state index in [0.29, 0.717) is 50.4 Å². The fourth-order valence-electron chi connectivity index (χ4n) is 8.84. The summed E-state index contributed by atoms with van der Waals surface area (Å²) in [6.07, 6.45) is -0.761. The van der Waals surface area contributed by atoms with Gasteiger partial charge in [0, 0.05) is 37.6 Å². The SMILES string of the molecule is C[C@@H](O)[C@H]1C(=O)N2C(C(=O)OCOC(=O)C(C)(C)C)=C(c3ccc(N4CCOCC4)cc3)C[C@H]12.C[C@@H](O)[C@H]1C(=O)N2C(C(=O)[O-])=C(c3ccc(N4CCOCC4)cc3)C[C@H]12.[Na+]. The zero-order valence-corrected chi connectivity index (χ0v) is 37.6. The predicted octanol–water partition coefficient (Wildman–Crippen LogP) is -1.46. The molecule has 61 heavy (non-hydrogen) atoms. The van der Waals surface area contributed by atoms with Gasteiger partial charge in [0.1, 0.15) is 5.70 Å². The molecule has 0 unspecified atom stereocenters. The van der Waals surface area contributed by atoms with E-state index >= 15 is 0 Å². The van der Waals surface area contributed by atoms with Gasteiger partial charge in [0.25, 0.3) is 0 Å². The number of fused-ring (bicyclic) bond motifs is 2. The molecule has 6 heterocycles. The number of rotatable bonds is 10. The average Bonchev–Trinajstić information content (AvgIpc) is 3.75. The molecule has 2 aromatic carbocycles. The summed E-state index contributed by atoms with van der Waals surface area (Å²) in [5, 5.41) is 31.5. The largest absolute Gasteiger partial charge is 1.00 e. The molecule has 0 spiro atoms. The van der Waals surface area contributed by atoms with Crippen molar-refractivity contribution in [3.63, 3.8) is 0 Å². The number of benzene rings is 2. The third-order valence-electron chi connectivity index (χ3n) is 12.0. The van der Waals surface area contributed by atoms with Crippen molar-refractivity contribution in [3.8, 4) is 0 Å². The number of amides is 2. The van der Waals surface area contributed by atoms with Gasteiger partial charge in [-0.25, -0.2) is 4.79 Å². The van der Waals surface area contributed by atoms with E-state index < -0.39 is 54.2 Å². The van der Waals surface area contributed by atoms with Gasteiger partial charge in [-0.2, -0.15) is 0 Å². The molecule has 6 aliphatic rings. The normalized spacial score (nSPS) is 24.4. The van der Waals surface area contributed by atoms with Gasteiger partial charge in [-0.05, 0) is 94.0 Å². The molecule has 0 aromatic heterocycles. The summed E-state index contributed by atoms with van der Waals surface area (Å²) in [4.78, 5) is 68.9. The van der Waals surface area contributed by atoms with Crippen molar-refractivity contribution in [1.29, 1.82) is 0 Å². The Morgan fingerprint density at radius 1 is 0.705 bits per heavy atom. The van der Waals surface area contributed by atoms with Crippen LogP contribution in [0.25, 0.3) is 11.1 Å². The van der Waals surface area contributed by atoms with Crippen LogP contribution in [0.3, 0.4) is 0 Å². The van der Waals surface area contributed by atoms with Crippen LogP contribution in [-0.2, 0) is 42.9 Å². The number of anilines is 2. The van der Waals surface area contributed by atoms with Crippen molar-refractivity contribution in [2.45, 2.75) is 71.8 Å². The Hall–Kier alpha value is -4.29. The first-order valence-corrected chi connectivity index (χ1v) is 20.5. The van der Waals surface area contributed by atoms with E-state index in [9.17, 15) is 39.3 Å². The molecule has 0 aliphatic carbocycles. The van der Waals surface area contributed by atoms with Gasteiger partial charge < -0.3 is 58.7 Å². The standard InChI is InChI=1S/C25H32N2O7.C19H22N2O5.Na/c1-15(28)20-19-13-18(16-5-7-17(8-6-16)26-9-11-32-12-10-26)21(27(19)22(20)29)23(30)33-14-34-24(31)25(2,3)4;1-11(22)16-15-10-14(17(19(24)25)21(15)18(16)23)12-2-4-13(5-3-12)20-6-8-26-9-7-20;/h5-8,15,19-20,28H,9-14H2,1-4H3;2-5,11,15-16,22H,6-10H2,1H3,(H,24,25);/q;;+1/p-1/t15-,19-,20-;11-,15-,16-;/m11./s1. The number of aliphatic hydroxyl groups is 2. The molecule has 0 radical (unpaired) electrons. The van der Waals surface area contributed by atoms with Crippen molar-refractivity contribution in [2.24, 2.45) is 17.3 Å². The number of carboxylic acids is 1. The number of carboxylic acid groups (broad SMARTS) is 1. The van der Waals surface area contributed by atoms with Gasteiger partial charge in [-0.15, -0.1) is 0 Å². The maximum absolute atomic E-state index is 13.0. The second-order valence-corrected chi connectivity index (χ2v) is 17.0. The third kappa shape index (κ3) is 9.26. The molecule has 2 aromatic rings. The van der Waals surface area contributed by atoms with Gasteiger partial charge in [0.15, 0.2) is 0 Å². The minimum atomic E-state index is -1.35. The Bertz CT molecular complexity index is 2050. The summed E-state index contributed by atoms with van der Waals surface area (Å²) >= 11 is 0. The minimum absolute atomic E-state index is 0. The van der Waals surface area contributed by atoms with Gasteiger partial charge in [-0.1, -0.05) is 24.3 Å². The number of carbonyl (C=O) groups excluding carboxylic acids is 5. The molecule has 16 nitrogen and oxygen atoms in total. The molecule has 8 rings (SSSR count). The Morgan fingerprint density at radius 3 is 1.48 bits per heavy atom. The van der Waals surface area contributed by atoms with Gasteiger partial charge in [0.2, 0.25) is 18.6 Å². The van der Waals surface area contributed by atoms with E-state index in [1.165, 1.54) is 9.80 Å². The van der Waals surface area contributed by atoms with E-state index in [4.69, 9.17) is 18.9 Å². The summed E-state index contributed by atoms with van der Waals surface area (Å²) in [5.74, 6) is -4.33. The molecule has 0 bridgehead atoms. The second-order valence-electron chi connectivity index (χ2n) is 17.0. The summed E-state index contributed by atoms with van der Waals surface area (Å²) in [5.41, 5.74) is 4.35. The molecule has 17 heteroatoms. The number of morpholine rings is 2. The smallest absolute Gasteiger partial charge is 0.543 e. The topological polar surface area (TPSA) is 199 Å². The number of aliphatic hydroxyl groups excluding tert-OH is 2. The maximum Gasteiger partial charge on any atom is 1.00 e. The van der Waals surface area contributed by atoms with Crippen molar-refractivity contribution >= 4 is 52.2 Å². The number of aliphatic carboxylic acids is 1. The molecule has 2 amide bonds. The molecule has 2 N–H and O–H groups in total. The fourth-order valence-corrected chi connectivity index (χ4v) is 8.84. The number of hydrogen-bond donors (Lipinski definition) is 2. The quantitative estimate of drug-likeness (QED) is 0.122. The summed E-state index contributed by atoms with van der Waals surface area (Å²) in [6, 6.07) is 14.9. The minimum Gasteiger partial charge on any atom is -0.543 e. The van der Waals surface area contributed by atoms with E-state index in [1.807, 2.05) is 48.5 Å². The van der Waals surface area contributed by atoms with Crippen LogP contribution in [-0.4, -0.2) is 133 Å². The van der Waals surface area contributed by atoms with Crippen LogP contribution < -0.4 is 44.5 Å². The van der Waals surface area contributed by atoms with E-state index in [-0.39, 0.29) is 64.8 Å². The van der Waals surface area contributed by atoms with Crippen LogP contribution in [0.5, 0.6) is 0 Å². The molecule has 0 saturated carbocycles. The monoisotopic (exact) mass is 852 g/mol. The molecule has 4 saturated heterocycles. The third-order valence-corrected chi connectivity index (χ3v) is 12.0. The first-order chi connectivity index (χ1) is 28.6. The van der Waals surface area contributed by atoms with Crippen LogP contribution in [0.2, 0.25) is 0 Å². The predicted molar refractivity (Wildman–Crippen MR) is 215 cm³/mol. The maximum atomic E-state index is 13.0. The molecule has 322 valence electrons. The number of β-lactam (4-membered cyclic amide) rings is 2. The van der Waals surface area contributed by atoms with E-state index in [2.05, 4.69) is 9.80 Å². The number of esters is 2.